The molecule has 4 rings (SSSR count). The number of anilines is 1. The average Bonchev–Trinajstić information content (AvgIpc) is 3.15. The molecule has 0 aromatic heterocycles. The number of aryl methyl sites for hydroxylation is 1. The van der Waals surface area contributed by atoms with Gasteiger partial charge in [0.1, 0.15) is 11.8 Å². The van der Waals surface area contributed by atoms with E-state index < -0.39 is 36.1 Å². The number of carbonyl (C=O) groups excluding carboxylic acids is 1. The van der Waals surface area contributed by atoms with E-state index in [2.05, 4.69) is 0 Å². The lowest BCUT2D eigenvalue weighted by Gasteiger charge is -2.29. The van der Waals surface area contributed by atoms with E-state index >= 15 is 0 Å². The second-order valence-electron chi connectivity index (χ2n) is 7.90. The first-order chi connectivity index (χ1) is 15.7. The fourth-order valence-corrected chi connectivity index (χ4v) is 4.03. The van der Waals surface area contributed by atoms with Crippen LogP contribution in [-0.4, -0.2) is 28.5 Å². The molecule has 1 fully saturated rings. The Balaban J connectivity index is 1.69. The van der Waals surface area contributed by atoms with Gasteiger partial charge in [0.15, 0.2) is 6.10 Å². The summed E-state index contributed by atoms with van der Waals surface area (Å²) in [5.41, 5.74) is 0.575. The van der Waals surface area contributed by atoms with Crippen LogP contribution in [0.5, 0.6) is 5.75 Å². The van der Waals surface area contributed by atoms with Crippen molar-refractivity contribution in [2.45, 2.75) is 37.3 Å². The van der Waals surface area contributed by atoms with E-state index in [0.717, 1.165) is 22.6 Å². The van der Waals surface area contributed by atoms with Crippen LogP contribution in [0.15, 0.2) is 78.9 Å². The van der Waals surface area contributed by atoms with E-state index in [0.29, 0.717) is 12.0 Å². The zero-order chi connectivity index (χ0) is 23.6. The minimum atomic E-state index is -4.59. The molecule has 1 aliphatic heterocycles. The third-order valence-electron chi connectivity index (χ3n) is 5.67. The molecule has 0 spiro atoms. The number of hydrogen-bond donors (Lipinski definition) is 2. The first kappa shape index (κ1) is 22.7. The number of nitrogens with zero attached hydrogens (tertiary/aromatic N) is 1. The van der Waals surface area contributed by atoms with E-state index in [1.165, 1.54) is 24.3 Å². The first-order valence-corrected chi connectivity index (χ1v) is 10.4. The third-order valence-corrected chi connectivity index (χ3v) is 5.67. The number of halogens is 3. The van der Waals surface area contributed by atoms with Gasteiger partial charge >= 0.3 is 12.3 Å². The Morgan fingerprint density at radius 1 is 0.970 bits per heavy atom. The van der Waals surface area contributed by atoms with Crippen molar-refractivity contribution >= 4 is 11.8 Å². The molecule has 1 unspecified atom stereocenters. The van der Waals surface area contributed by atoms with Crippen molar-refractivity contribution in [1.29, 1.82) is 0 Å². The number of alkyl halides is 3. The molecule has 1 heterocycles. The third kappa shape index (κ3) is 4.96. The summed E-state index contributed by atoms with van der Waals surface area (Å²) >= 11 is 0. The summed E-state index contributed by atoms with van der Waals surface area (Å²) in [5, 5.41) is 20.7. The zero-order valence-electron chi connectivity index (χ0n) is 17.4. The Kier molecular flexibility index (Phi) is 6.29. The normalized spacial score (nSPS) is 19.4. The molecule has 2 N–H and O–H groups in total. The van der Waals surface area contributed by atoms with Gasteiger partial charge in [0.25, 0.3) is 0 Å². The quantitative estimate of drug-likeness (QED) is 0.515. The lowest BCUT2D eigenvalue weighted by Crippen LogP contribution is -2.43. The molecule has 1 saturated heterocycles. The number of carbonyl (C=O) groups is 1. The van der Waals surface area contributed by atoms with Crippen LogP contribution >= 0.6 is 0 Å². The minimum Gasteiger partial charge on any atom is -0.508 e. The van der Waals surface area contributed by atoms with Crippen LogP contribution in [0.4, 0.5) is 23.7 Å². The van der Waals surface area contributed by atoms with Gasteiger partial charge in [-0.2, -0.15) is 13.2 Å². The van der Waals surface area contributed by atoms with E-state index in [-0.39, 0.29) is 17.9 Å². The topological polar surface area (TPSA) is 70.0 Å². The molecule has 3 aromatic rings. The molecule has 0 saturated carbocycles. The van der Waals surface area contributed by atoms with Gasteiger partial charge in [-0.25, -0.2) is 4.79 Å². The van der Waals surface area contributed by atoms with Crippen LogP contribution in [0.1, 0.15) is 29.2 Å². The predicted octanol–water partition coefficient (Wildman–Crippen LogP) is 5.47. The number of aliphatic hydroxyl groups excluding tert-OH is 1. The number of phenols is 1. The molecular formula is C25H22F3NO4. The summed E-state index contributed by atoms with van der Waals surface area (Å²) in [5.74, 6) is 0.0129. The molecule has 0 bridgehead atoms. The van der Waals surface area contributed by atoms with Gasteiger partial charge in [-0.1, -0.05) is 48.5 Å². The van der Waals surface area contributed by atoms with Crippen molar-refractivity contribution in [3.63, 3.8) is 0 Å². The lowest BCUT2D eigenvalue weighted by atomic mass is 9.93. The fourth-order valence-electron chi connectivity index (χ4n) is 4.03. The summed E-state index contributed by atoms with van der Waals surface area (Å²) in [7, 11) is 0. The van der Waals surface area contributed by atoms with Gasteiger partial charge in [-0.15, -0.1) is 0 Å². The van der Waals surface area contributed by atoms with Gasteiger partial charge in [-0.3, -0.25) is 4.90 Å². The number of rotatable bonds is 6. The van der Waals surface area contributed by atoms with Crippen LogP contribution in [-0.2, 0) is 17.3 Å². The maximum absolute atomic E-state index is 13.3. The molecule has 3 atom stereocenters. The predicted molar refractivity (Wildman–Crippen MR) is 116 cm³/mol. The highest BCUT2D eigenvalue weighted by atomic mass is 19.4. The van der Waals surface area contributed by atoms with Crippen LogP contribution in [0.25, 0.3) is 0 Å². The van der Waals surface area contributed by atoms with E-state index in [4.69, 9.17) is 4.74 Å². The summed E-state index contributed by atoms with van der Waals surface area (Å²) in [4.78, 5) is 13.9. The molecule has 1 amide bonds. The van der Waals surface area contributed by atoms with Crippen molar-refractivity contribution < 1.29 is 32.9 Å². The Morgan fingerprint density at radius 3 is 2.33 bits per heavy atom. The summed E-state index contributed by atoms with van der Waals surface area (Å²) in [6, 6.07) is 18.8. The summed E-state index contributed by atoms with van der Waals surface area (Å²) in [6.45, 7) is 0. The van der Waals surface area contributed by atoms with Crippen LogP contribution < -0.4 is 4.90 Å². The van der Waals surface area contributed by atoms with Crippen molar-refractivity contribution in [2.24, 2.45) is 0 Å². The van der Waals surface area contributed by atoms with Crippen LogP contribution in [0, 0.1) is 0 Å². The van der Waals surface area contributed by atoms with Crippen LogP contribution in [0.3, 0.4) is 0 Å². The lowest BCUT2D eigenvalue weighted by molar-refractivity contribution is -0.137. The molecule has 0 aliphatic carbocycles. The Labute approximate surface area is 188 Å². The standard InChI is InChI=1S/C25H22F3NO4/c26-25(27,28)18-7-4-8-19(15-18)29-22(21(31)14-9-16-5-2-1-3-6-16)23(33-24(29)32)17-10-12-20(30)13-11-17/h1-8,10-13,15,21-23,30-31H,9,14H2/t21?,22-,23+/m1/s1. The average molecular weight is 457 g/mol. The highest BCUT2D eigenvalue weighted by Crippen LogP contribution is 2.40. The van der Waals surface area contributed by atoms with Gasteiger partial charge in [0.2, 0.25) is 0 Å². The summed E-state index contributed by atoms with van der Waals surface area (Å²) in [6.07, 6.45) is -6.70. The second kappa shape index (κ2) is 9.15. The fraction of sp³-hybridized carbons (Fsp3) is 0.240. The smallest absolute Gasteiger partial charge is 0.416 e. The monoisotopic (exact) mass is 457 g/mol. The second-order valence-corrected chi connectivity index (χ2v) is 7.90. The highest BCUT2D eigenvalue weighted by Gasteiger charge is 2.47. The molecular weight excluding hydrogens is 435 g/mol. The molecule has 3 aromatic carbocycles. The molecule has 1 aliphatic rings. The maximum Gasteiger partial charge on any atom is 0.416 e. The largest absolute Gasteiger partial charge is 0.508 e. The van der Waals surface area contributed by atoms with Gasteiger partial charge in [0, 0.05) is 5.69 Å². The number of cyclic esters (lactones) is 1. The van der Waals surface area contributed by atoms with Crippen molar-refractivity contribution in [3.05, 3.63) is 95.6 Å². The molecule has 172 valence electrons. The maximum atomic E-state index is 13.3. The van der Waals surface area contributed by atoms with E-state index in [9.17, 15) is 28.2 Å². The number of aliphatic hydroxyl groups is 1. The van der Waals surface area contributed by atoms with Gasteiger partial charge in [0.05, 0.1) is 11.7 Å². The minimum absolute atomic E-state index is 0.0129. The SMILES string of the molecule is O=C1O[C@@H](c2ccc(O)cc2)[C@@H](C(O)CCc2ccccc2)N1c1cccc(C(F)(F)F)c1. The van der Waals surface area contributed by atoms with Crippen molar-refractivity contribution in [2.75, 3.05) is 4.90 Å². The molecule has 33 heavy (non-hydrogen) atoms. The Morgan fingerprint density at radius 2 is 1.67 bits per heavy atom. The molecule has 8 heteroatoms. The Hall–Kier alpha value is -3.52. The van der Waals surface area contributed by atoms with E-state index in [1.54, 1.807) is 12.1 Å². The highest BCUT2D eigenvalue weighted by molar-refractivity contribution is 5.91. The van der Waals surface area contributed by atoms with Crippen LogP contribution in [0.2, 0.25) is 0 Å². The van der Waals surface area contributed by atoms with Gasteiger partial charge in [-0.05, 0) is 54.3 Å². The number of hydrogen-bond acceptors (Lipinski definition) is 4. The first-order valence-electron chi connectivity index (χ1n) is 10.4. The number of ether oxygens (including phenoxy) is 1. The Bertz CT molecular complexity index is 1100. The number of phenolic OH excluding ortho intramolecular Hbond substituents is 1. The number of aromatic hydroxyl groups is 1. The summed E-state index contributed by atoms with van der Waals surface area (Å²) < 4.78 is 45.4. The van der Waals surface area contributed by atoms with Gasteiger partial charge < -0.3 is 14.9 Å². The molecule has 0 radical (unpaired) electrons. The van der Waals surface area contributed by atoms with Crippen molar-refractivity contribution in [3.8, 4) is 5.75 Å². The van der Waals surface area contributed by atoms with E-state index in [1.807, 2.05) is 30.3 Å². The number of benzene rings is 3. The number of amides is 1. The van der Waals surface area contributed by atoms with Crippen molar-refractivity contribution in [1.82, 2.24) is 0 Å². The zero-order valence-corrected chi connectivity index (χ0v) is 17.4. The molecule has 5 nitrogen and oxygen atoms in total.